The molecule has 0 amide bonds. The Morgan fingerprint density at radius 3 is 2.43 bits per heavy atom. The van der Waals surface area contributed by atoms with Crippen molar-refractivity contribution in [3.8, 4) is 0 Å². The molecule has 2 rings (SSSR count). The van der Waals surface area contributed by atoms with Crippen LogP contribution in [0.4, 0.5) is 5.69 Å². The Kier molecular flexibility index (Phi) is 5.34. The summed E-state index contributed by atoms with van der Waals surface area (Å²) in [5.74, 6) is 0. The van der Waals surface area contributed by atoms with Crippen LogP contribution >= 0.6 is 12.2 Å². The van der Waals surface area contributed by atoms with Gasteiger partial charge in [0.25, 0.3) is 0 Å². The molecule has 0 spiro atoms. The van der Waals surface area contributed by atoms with Gasteiger partial charge in [-0.25, -0.2) is 0 Å². The van der Waals surface area contributed by atoms with Crippen molar-refractivity contribution in [2.45, 2.75) is 27.3 Å². The van der Waals surface area contributed by atoms with Crippen molar-refractivity contribution in [3.63, 3.8) is 0 Å². The zero-order valence-corrected chi connectivity index (χ0v) is 13.7. The molecule has 110 valence electrons. The predicted octanol–water partition coefficient (Wildman–Crippen LogP) is 4.52. The molecular formula is C18H22N2S. The first-order valence-corrected chi connectivity index (χ1v) is 7.68. The number of hydrogen-bond acceptors (Lipinski definition) is 1. The van der Waals surface area contributed by atoms with E-state index in [1.54, 1.807) is 0 Å². The highest BCUT2D eigenvalue weighted by molar-refractivity contribution is 7.80. The Bertz CT molecular complexity index is 608. The van der Waals surface area contributed by atoms with Gasteiger partial charge in [-0.15, -0.1) is 0 Å². The van der Waals surface area contributed by atoms with Crippen LogP contribution in [0.15, 0.2) is 48.5 Å². The molecule has 0 saturated carbocycles. The second-order valence-electron chi connectivity index (χ2n) is 5.18. The van der Waals surface area contributed by atoms with Crippen molar-refractivity contribution >= 4 is 23.0 Å². The highest BCUT2D eigenvalue weighted by Gasteiger charge is 2.10. The molecule has 0 fully saturated rings. The maximum absolute atomic E-state index is 5.57. The lowest BCUT2D eigenvalue weighted by Crippen LogP contribution is -2.34. The number of nitrogens with one attached hydrogen (secondary N) is 1. The van der Waals surface area contributed by atoms with Gasteiger partial charge in [0.05, 0.1) is 0 Å². The summed E-state index contributed by atoms with van der Waals surface area (Å²) >= 11 is 5.57. The summed E-state index contributed by atoms with van der Waals surface area (Å²) < 4.78 is 0. The molecule has 0 heterocycles. The first-order valence-electron chi connectivity index (χ1n) is 7.28. The first-order chi connectivity index (χ1) is 10.1. The van der Waals surface area contributed by atoms with E-state index in [-0.39, 0.29) is 0 Å². The lowest BCUT2D eigenvalue weighted by molar-refractivity contribution is 0.442. The van der Waals surface area contributed by atoms with Crippen LogP contribution in [-0.4, -0.2) is 16.6 Å². The van der Waals surface area contributed by atoms with Gasteiger partial charge in [-0.3, -0.25) is 0 Å². The molecule has 0 aliphatic carbocycles. The van der Waals surface area contributed by atoms with E-state index in [1.807, 2.05) is 6.07 Å². The Morgan fingerprint density at radius 2 is 1.76 bits per heavy atom. The van der Waals surface area contributed by atoms with E-state index in [0.717, 1.165) is 23.9 Å². The lowest BCUT2D eigenvalue weighted by atomic mass is 10.1. The van der Waals surface area contributed by atoms with Crippen LogP contribution in [0, 0.1) is 13.8 Å². The minimum atomic E-state index is 0.773. The van der Waals surface area contributed by atoms with Crippen LogP contribution in [-0.2, 0) is 6.54 Å². The van der Waals surface area contributed by atoms with Crippen molar-refractivity contribution in [2.24, 2.45) is 0 Å². The second-order valence-corrected chi connectivity index (χ2v) is 5.56. The standard InChI is InChI=1S/C18H22N2S/c1-4-20(13-16-10-6-5-7-11-16)18(21)19-17-12-8-9-14(2)15(17)3/h5-12H,4,13H2,1-3H3,(H,19,21). The van der Waals surface area contributed by atoms with E-state index in [2.05, 4.69) is 73.5 Å². The smallest absolute Gasteiger partial charge is 0.173 e. The number of anilines is 1. The second kappa shape index (κ2) is 7.23. The highest BCUT2D eigenvalue weighted by atomic mass is 32.1. The Labute approximate surface area is 132 Å². The minimum Gasteiger partial charge on any atom is -0.345 e. The van der Waals surface area contributed by atoms with Crippen LogP contribution in [0.3, 0.4) is 0 Å². The van der Waals surface area contributed by atoms with E-state index >= 15 is 0 Å². The fourth-order valence-corrected chi connectivity index (χ4v) is 2.52. The molecule has 0 unspecified atom stereocenters. The number of rotatable bonds is 4. The van der Waals surface area contributed by atoms with Crippen LogP contribution < -0.4 is 5.32 Å². The Balaban J connectivity index is 2.08. The SMILES string of the molecule is CCN(Cc1ccccc1)C(=S)Nc1cccc(C)c1C. The monoisotopic (exact) mass is 298 g/mol. The molecule has 0 aliphatic rings. The average molecular weight is 298 g/mol. The molecule has 2 aromatic carbocycles. The van der Waals surface area contributed by atoms with E-state index in [0.29, 0.717) is 0 Å². The molecule has 0 aromatic heterocycles. The van der Waals surface area contributed by atoms with Crippen molar-refractivity contribution in [2.75, 3.05) is 11.9 Å². The summed E-state index contributed by atoms with van der Waals surface area (Å²) in [6, 6.07) is 16.7. The van der Waals surface area contributed by atoms with Gasteiger partial charge in [0.1, 0.15) is 0 Å². The van der Waals surface area contributed by atoms with Gasteiger partial charge < -0.3 is 10.2 Å². The molecule has 3 heteroatoms. The van der Waals surface area contributed by atoms with Crippen molar-refractivity contribution in [1.82, 2.24) is 4.90 Å². The van der Waals surface area contributed by atoms with Crippen molar-refractivity contribution in [3.05, 3.63) is 65.2 Å². The Morgan fingerprint density at radius 1 is 1.05 bits per heavy atom. The van der Waals surface area contributed by atoms with Gasteiger partial charge in [0.2, 0.25) is 0 Å². The van der Waals surface area contributed by atoms with E-state index in [4.69, 9.17) is 12.2 Å². The molecule has 0 aliphatic heterocycles. The number of thiocarbonyl (C=S) groups is 1. The number of benzene rings is 2. The summed E-state index contributed by atoms with van der Waals surface area (Å²) in [5, 5.41) is 4.15. The maximum Gasteiger partial charge on any atom is 0.173 e. The quantitative estimate of drug-likeness (QED) is 0.835. The molecule has 21 heavy (non-hydrogen) atoms. The molecule has 0 saturated heterocycles. The van der Waals surface area contributed by atoms with Crippen LogP contribution in [0.25, 0.3) is 0 Å². The fraction of sp³-hybridized carbons (Fsp3) is 0.278. The third-order valence-corrected chi connectivity index (χ3v) is 4.09. The number of nitrogens with zero attached hydrogens (tertiary/aromatic N) is 1. The zero-order valence-electron chi connectivity index (χ0n) is 12.9. The summed E-state index contributed by atoms with van der Waals surface area (Å²) in [6.45, 7) is 8.07. The van der Waals surface area contributed by atoms with E-state index in [9.17, 15) is 0 Å². The maximum atomic E-state index is 5.57. The fourth-order valence-electron chi connectivity index (χ4n) is 2.21. The van der Waals surface area contributed by atoms with E-state index in [1.165, 1.54) is 16.7 Å². The molecule has 2 nitrogen and oxygen atoms in total. The highest BCUT2D eigenvalue weighted by Crippen LogP contribution is 2.19. The third kappa shape index (κ3) is 4.05. The predicted molar refractivity (Wildman–Crippen MR) is 94.7 cm³/mol. The largest absolute Gasteiger partial charge is 0.345 e. The van der Waals surface area contributed by atoms with E-state index < -0.39 is 0 Å². The Hall–Kier alpha value is -1.87. The molecule has 2 aromatic rings. The summed E-state index contributed by atoms with van der Waals surface area (Å²) in [6.07, 6.45) is 0. The first kappa shape index (κ1) is 15.5. The molecule has 0 atom stereocenters. The normalized spacial score (nSPS) is 10.2. The third-order valence-electron chi connectivity index (χ3n) is 3.73. The molecule has 0 radical (unpaired) electrons. The van der Waals surface area contributed by atoms with Crippen LogP contribution in [0.2, 0.25) is 0 Å². The van der Waals surface area contributed by atoms with Gasteiger partial charge in [-0.2, -0.15) is 0 Å². The van der Waals surface area contributed by atoms with Gasteiger partial charge >= 0.3 is 0 Å². The van der Waals surface area contributed by atoms with Gasteiger partial charge in [0.15, 0.2) is 5.11 Å². The number of aryl methyl sites for hydroxylation is 1. The van der Waals surface area contributed by atoms with Crippen molar-refractivity contribution in [1.29, 1.82) is 0 Å². The van der Waals surface area contributed by atoms with Gasteiger partial charge in [-0.1, -0.05) is 42.5 Å². The molecule has 1 N–H and O–H groups in total. The summed E-state index contributed by atoms with van der Waals surface area (Å²) in [7, 11) is 0. The zero-order chi connectivity index (χ0) is 15.2. The molecule has 0 bridgehead atoms. The van der Waals surface area contributed by atoms with Crippen LogP contribution in [0.5, 0.6) is 0 Å². The minimum absolute atomic E-state index is 0.773. The van der Waals surface area contributed by atoms with Crippen molar-refractivity contribution < 1.29 is 0 Å². The number of hydrogen-bond donors (Lipinski definition) is 1. The van der Waals surface area contributed by atoms with Gasteiger partial charge in [0, 0.05) is 18.8 Å². The van der Waals surface area contributed by atoms with Gasteiger partial charge in [-0.05, 0) is 55.7 Å². The lowest BCUT2D eigenvalue weighted by Gasteiger charge is -2.25. The topological polar surface area (TPSA) is 15.3 Å². The summed E-state index contributed by atoms with van der Waals surface area (Å²) in [5.41, 5.74) is 4.88. The summed E-state index contributed by atoms with van der Waals surface area (Å²) in [4.78, 5) is 2.17. The average Bonchev–Trinajstić information content (AvgIpc) is 2.50. The van der Waals surface area contributed by atoms with Crippen LogP contribution in [0.1, 0.15) is 23.6 Å². The molecular weight excluding hydrogens is 276 g/mol.